The van der Waals surface area contributed by atoms with E-state index in [1.54, 1.807) is 58.8 Å². The molecule has 4 N–H and O–H groups in total. The van der Waals surface area contributed by atoms with Crippen LogP contribution in [0.4, 0.5) is 0 Å². The molecule has 0 aromatic heterocycles. The van der Waals surface area contributed by atoms with Gasteiger partial charge in [-0.25, -0.2) is 0 Å². The molecular weight excluding hydrogens is 801 g/mol. The van der Waals surface area contributed by atoms with Gasteiger partial charge < -0.3 is 58.7 Å². The lowest BCUT2D eigenvalue weighted by Crippen LogP contribution is -2.66. The molecule has 62 heavy (non-hydrogen) atoms. The van der Waals surface area contributed by atoms with Crippen molar-refractivity contribution in [3.63, 3.8) is 0 Å². The van der Waals surface area contributed by atoms with Crippen LogP contribution in [0, 0.1) is 17.8 Å². The Balaban J connectivity index is 1.63. The predicted octanol–water partition coefficient (Wildman–Crippen LogP) is 4.24. The van der Waals surface area contributed by atoms with Crippen molar-refractivity contribution in [1.29, 1.82) is 0 Å². The number of nitrogens with zero attached hydrogens (tertiary/aromatic N) is 1. The van der Waals surface area contributed by atoms with E-state index in [4.69, 9.17) is 33.2 Å². The first-order chi connectivity index (χ1) is 29.3. The number of benzene rings is 1. The van der Waals surface area contributed by atoms with E-state index in [1.807, 2.05) is 57.2 Å². The molecule has 3 aliphatic rings. The zero-order valence-corrected chi connectivity index (χ0v) is 38.4. The zero-order valence-electron chi connectivity index (χ0n) is 38.4. The van der Waals surface area contributed by atoms with Crippen LogP contribution in [0.15, 0.2) is 54.6 Å². The van der Waals surface area contributed by atoms with E-state index in [-0.39, 0.29) is 31.0 Å². The van der Waals surface area contributed by atoms with Gasteiger partial charge in [-0.05, 0) is 84.7 Å². The van der Waals surface area contributed by atoms with Gasteiger partial charge in [0.05, 0.1) is 36.9 Å². The van der Waals surface area contributed by atoms with Crippen molar-refractivity contribution in [2.75, 3.05) is 27.7 Å². The van der Waals surface area contributed by atoms with Gasteiger partial charge in [0.25, 0.3) is 0 Å². The van der Waals surface area contributed by atoms with Crippen LogP contribution in [0.3, 0.4) is 0 Å². The Morgan fingerprint density at radius 2 is 1.69 bits per heavy atom. The molecule has 15 heteroatoms. The summed E-state index contributed by atoms with van der Waals surface area (Å²) in [6.45, 7) is 13.6. The third kappa shape index (κ3) is 15.0. The summed E-state index contributed by atoms with van der Waals surface area (Å²) in [6.07, 6.45) is -2.85. The number of aliphatic hydroxyl groups excluding tert-OH is 2. The van der Waals surface area contributed by atoms with Gasteiger partial charge in [0.1, 0.15) is 30.0 Å². The number of hydrogen-bond donors (Lipinski definition) is 4. The first kappa shape index (κ1) is 51.5. The molecule has 0 unspecified atom stereocenters. The van der Waals surface area contributed by atoms with Crippen molar-refractivity contribution in [2.24, 2.45) is 17.8 Å². The number of aliphatic hydroxyl groups is 3. The highest BCUT2D eigenvalue weighted by Crippen LogP contribution is 2.37. The minimum absolute atomic E-state index is 0.0184. The minimum atomic E-state index is -1.48. The molecule has 2 fully saturated rings. The highest BCUT2D eigenvalue weighted by Gasteiger charge is 2.52. The molecule has 350 valence electrons. The van der Waals surface area contributed by atoms with Gasteiger partial charge in [-0.2, -0.15) is 0 Å². The second kappa shape index (κ2) is 24.3. The lowest BCUT2D eigenvalue weighted by atomic mass is 9.82. The van der Waals surface area contributed by atoms with Gasteiger partial charge in [-0.3, -0.25) is 14.4 Å². The number of allylic oxidation sites excluding steroid dienone is 3. The Kier molecular flexibility index (Phi) is 20.2. The van der Waals surface area contributed by atoms with Crippen molar-refractivity contribution in [3.8, 4) is 0 Å². The van der Waals surface area contributed by atoms with Gasteiger partial charge in [0.15, 0.2) is 24.5 Å². The largest absolute Gasteiger partial charge is 0.462 e. The van der Waals surface area contributed by atoms with Crippen LogP contribution in [0.5, 0.6) is 0 Å². The number of nitrogens with one attached hydrogen (secondary N) is 1. The third-order valence-electron chi connectivity index (χ3n) is 11.9. The second-order valence-corrected chi connectivity index (χ2v) is 18.2. The summed E-state index contributed by atoms with van der Waals surface area (Å²) in [4.78, 5) is 41.0. The van der Waals surface area contributed by atoms with Crippen LogP contribution < -0.4 is 5.32 Å². The standard InChI is InChI=1S/C47H74N2O13/c1-28(2)23-37(52)60-45-32(6)58-39(26-47(45,7)55)61-42-31(5)59-46(41(54)40(42)49(8)9)62-43-34(21-22-48-27-33-18-14-12-15-19-33)24-29(3)35(50)20-16-11-13-17-30(4)57-38(53)25-36(51)44(43)56-10/h11-16,18-20,28-32,34,36,39-46,48,51,54-55H,17,21-27H2,1-10H3/b13-11-,20-16+/t29-,30-,31-,32+,34+,36+,39+,40-,41-,42-,43+,44+,45+,46+,47-/m1/s1. The normalized spacial score (nSPS) is 37.8. The Labute approximate surface area is 368 Å². The third-order valence-corrected chi connectivity index (χ3v) is 11.9. The van der Waals surface area contributed by atoms with E-state index in [0.29, 0.717) is 32.4 Å². The SMILES string of the molecule is CO[C@@H]1[C@@H](O[C@@H]2O[C@H](C)[C@@H](O[C@H]3C[C@@](C)(O)[C@@H](OC(=O)CC(C)C)[C@H](C)O3)[C@H](N(C)C)[C@H]2O)[C@@H](CCNCc2ccccc2)C[C@@H](C)C(=O)/C=C/C=C\C[C@@H](C)OC(=O)C[C@@H]1O. The smallest absolute Gasteiger partial charge is 0.308 e. The Hall–Kier alpha value is -3.09. The summed E-state index contributed by atoms with van der Waals surface area (Å²) in [5.41, 5.74) is -0.384. The van der Waals surface area contributed by atoms with Gasteiger partial charge in [-0.1, -0.05) is 69.3 Å². The Morgan fingerprint density at radius 3 is 2.34 bits per heavy atom. The molecule has 0 saturated carbocycles. The van der Waals surface area contributed by atoms with E-state index in [2.05, 4.69) is 5.32 Å². The van der Waals surface area contributed by atoms with Crippen molar-refractivity contribution in [2.45, 2.75) is 173 Å². The van der Waals surface area contributed by atoms with E-state index >= 15 is 0 Å². The summed E-state index contributed by atoms with van der Waals surface area (Å²) in [6, 6.07) is 9.21. The molecule has 0 bridgehead atoms. The molecule has 15 nitrogen and oxygen atoms in total. The van der Waals surface area contributed by atoms with Crippen molar-refractivity contribution < 1.29 is 62.9 Å². The molecule has 3 aliphatic heterocycles. The van der Waals surface area contributed by atoms with E-state index < -0.39 is 103 Å². The lowest BCUT2D eigenvalue weighted by molar-refractivity contribution is -0.344. The van der Waals surface area contributed by atoms with Crippen molar-refractivity contribution >= 4 is 17.7 Å². The van der Waals surface area contributed by atoms with Gasteiger partial charge in [0.2, 0.25) is 0 Å². The molecule has 2 saturated heterocycles. The predicted molar refractivity (Wildman–Crippen MR) is 231 cm³/mol. The average molecular weight is 875 g/mol. The number of carbonyl (C=O) groups excluding carboxylic acids is 3. The maximum absolute atomic E-state index is 13.5. The van der Waals surface area contributed by atoms with Crippen LogP contribution >= 0.6 is 0 Å². The number of hydrogen-bond acceptors (Lipinski definition) is 15. The molecule has 0 spiro atoms. The van der Waals surface area contributed by atoms with E-state index in [0.717, 1.165) is 5.56 Å². The number of carbonyl (C=O) groups is 3. The summed E-state index contributed by atoms with van der Waals surface area (Å²) < 4.78 is 43.3. The first-order valence-corrected chi connectivity index (χ1v) is 22.2. The Morgan fingerprint density at radius 1 is 0.984 bits per heavy atom. The molecular formula is C47H74N2O13. The molecule has 4 rings (SSSR count). The average Bonchev–Trinajstić information content (AvgIpc) is 3.18. The Bertz CT molecular complexity index is 1600. The summed E-state index contributed by atoms with van der Waals surface area (Å²) in [5, 5.41) is 38.9. The van der Waals surface area contributed by atoms with E-state index in [1.165, 1.54) is 13.2 Å². The van der Waals surface area contributed by atoms with Crippen molar-refractivity contribution in [1.82, 2.24) is 10.2 Å². The van der Waals surface area contributed by atoms with Gasteiger partial charge in [-0.15, -0.1) is 0 Å². The number of likely N-dealkylation sites (N-methyl/N-ethyl adjacent to an activating group) is 1. The second-order valence-electron chi connectivity index (χ2n) is 18.2. The van der Waals surface area contributed by atoms with Crippen molar-refractivity contribution in [3.05, 3.63) is 60.2 Å². The molecule has 1 aromatic rings. The fourth-order valence-electron chi connectivity index (χ4n) is 8.72. The molecule has 1 aromatic carbocycles. The minimum Gasteiger partial charge on any atom is -0.462 e. The lowest BCUT2D eigenvalue weighted by Gasteiger charge is -2.50. The molecule has 3 heterocycles. The van der Waals surface area contributed by atoms with Gasteiger partial charge >= 0.3 is 11.9 Å². The highest BCUT2D eigenvalue weighted by atomic mass is 16.7. The summed E-state index contributed by atoms with van der Waals surface area (Å²) in [5.74, 6) is -1.96. The summed E-state index contributed by atoms with van der Waals surface area (Å²) >= 11 is 0. The van der Waals surface area contributed by atoms with Crippen LogP contribution in [-0.4, -0.2) is 145 Å². The fourth-order valence-corrected chi connectivity index (χ4v) is 8.72. The molecule has 0 radical (unpaired) electrons. The topological polar surface area (TPSA) is 192 Å². The van der Waals surface area contributed by atoms with Crippen LogP contribution in [0.25, 0.3) is 0 Å². The number of ketones is 1. The molecule has 0 amide bonds. The maximum atomic E-state index is 13.5. The number of rotatable bonds is 14. The fraction of sp³-hybridized carbons (Fsp3) is 0.723. The van der Waals surface area contributed by atoms with Crippen LogP contribution in [0.1, 0.15) is 92.6 Å². The number of methoxy groups -OCH3 is 1. The van der Waals surface area contributed by atoms with Crippen LogP contribution in [-0.2, 0) is 54.1 Å². The zero-order chi connectivity index (χ0) is 45.7. The number of cyclic esters (lactones) is 1. The maximum Gasteiger partial charge on any atom is 0.308 e. The molecule has 15 atom stereocenters. The van der Waals surface area contributed by atoms with E-state index in [9.17, 15) is 29.7 Å². The van der Waals surface area contributed by atoms with Crippen LogP contribution in [0.2, 0.25) is 0 Å². The van der Waals surface area contributed by atoms with Gasteiger partial charge in [0, 0.05) is 38.8 Å². The first-order valence-electron chi connectivity index (χ1n) is 22.2. The highest BCUT2D eigenvalue weighted by molar-refractivity contribution is 5.91. The number of ether oxygens (including phenoxy) is 7. The summed E-state index contributed by atoms with van der Waals surface area (Å²) in [7, 11) is 5.01. The quantitative estimate of drug-likeness (QED) is 0.153. The monoisotopic (exact) mass is 875 g/mol. The molecule has 0 aliphatic carbocycles. The number of esters is 2.